The van der Waals surface area contributed by atoms with E-state index in [0.29, 0.717) is 5.92 Å². The Morgan fingerprint density at radius 2 is 1.73 bits per heavy atom. The zero-order valence-electron chi connectivity index (χ0n) is 9.54. The molecule has 1 heteroatoms. The number of nitrogens with one attached hydrogen (secondary N) is 1. The Kier molecular flexibility index (Phi) is 2.63. The number of aromatic amines is 1. The van der Waals surface area contributed by atoms with Crippen LogP contribution < -0.4 is 0 Å². The van der Waals surface area contributed by atoms with Crippen LogP contribution >= 0.6 is 0 Å². The van der Waals surface area contributed by atoms with Crippen molar-refractivity contribution in [1.82, 2.24) is 4.98 Å². The van der Waals surface area contributed by atoms with Gasteiger partial charge in [-0.3, -0.25) is 0 Å². The lowest BCUT2D eigenvalue weighted by molar-refractivity contribution is 0.867. The molecule has 0 unspecified atom stereocenters. The maximum Gasteiger partial charge on any atom is 0.0456 e. The van der Waals surface area contributed by atoms with Crippen LogP contribution in [0.1, 0.15) is 30.9 Å². The number of rotatable bonds is 2. The summed E-state index contributed by atoms with van der Waals surface area (Å²) in [7, 11) is 0. The SMILES string of the molecule is Cc1c[nH]c(-c2ccc(C(C)C)cc2)c1. The van der Waals surface area contributed by atoms with Crippen molar-refractivity contribution in [3.8, 4) is 11.3 Å². The largest absolute Gasteiger partial charge is 0.361 e. The van der Waals surface area contributed by atoms with Crippen molar-refractivity contribution in [1.29, 1.82) is 0 Å². The molecule has 0 fully saturated rings. The van der Waals surface area contributed by atoms with Crippen molar-refractivity contribution in [3.05, 3.63) is 47.7 Å². The van der Waals surface area contributed by atoms with Crippen LogP contribution in [0.25, 0.3) is 11.3 Å². The standard InChI is InChI=1S/C14H17N/c1-10(2)12-4-6-13(7-5-12)14-8-11(3)9-15-14/h4-10,15H,1-3H3. The highest BCUT2D eigenvalue weighted by Gasteiger charge is 2.01. The molecule has 1 heterocycles. The molecule has 0 amide bonds. The third-order valence-electron chi connectivity index (χ3n) is 2.72. The van der Waals surface area contributed by atoms with E-state index in [9.17, 15) is 0 Å². The summed E-state index contributed by atoms with van der Waals surface area (Å²) in [6, 6.07) is 10.9. The lowest BCUT2D eigenvalue weighted by Gasteiger charge is -2.05. The van der Waals surface area contributed by atoms with Gasteiger partial charge in [-0.15, -0.1) is 0 Å². The van der Waals surface area contributed by atoms with Gasteiger partial charge in [0.1, 0.15) is 0 Å². The number of H-pyrrole nitrogens is 1. The van der Waals surface area contributed by atoms with Gasteiger partial charge in [-0.25, -0.2) is 0 Å². The van der Waals surface area contributed by atoms with Gasteiger partial charge in [-0.1, -0.05) is 38.1 Å². The Hall–Kier alpha value is -1.50. The highest BCUT2D eigenvalue weighted by Crippen LogP contribution is 2.22. The van der Waals surface area contributed by atoms with Gasteiger partial charge < -0.3 is 4.98 Å². The van der Waals surface area contributed by atoms with E-state index in [0.717, 1.165) is 0 Å². The van der Waals surface area contributed by atoms with Crippen molar-refractivity contribution in [2.24, 2.45) is 0 Å². The summed E-state index contributed by atoms with van der Waals surface area (Å²) in [5, 5.41) is 0. The third kappa shape index (κ3) is 2.12. The summed E-state index contributed by atoms with van der Waals surface area (Å²) in [4.78, 5) is 3.27. The zero-order chi connectivity index (χ0) is 10.8. The molecular weight excluding hydrogens is 182 g/mol. The molecule has 0 aliphatic carbocycles. The Bertz CT molecular complexity index is 435. The minimum absolute atomic E-state index is 0.601. The summed E-state index contributed by atoms with van der Waals surface area (Å²) in [5.41, 5.74) is 5.12. The topological polar surface area (TPSA) is 15.8 Å². The van der Waals surface area contributed by atoms with Crippen molar-refractivity contribution in [2.75, 3.05) is 0 Å². The molecule has 0 bridgehead atoms. The number of hydrogen-bond acceptors (Lipinski definition) is 0. The van der Waals surface area contributed by atoms with E-state index < -0.39 is 0 Å². The fourth-order valence-corrected chi connectivity index (χ4v) is 1.72. The summed E-state index contributed by atoms with van der Waals surface area (Å²) in [6.07, 6.45) is 2.03. The number of aromatic nitrogens is 1. The molecule has 0 radical (unpaired) electrons. The molecule has 1 N–H and O–H groups in total. The lowest BCUT2D eigenvalue weighted by atomic mass is 10.0. The molecule has 0 spiro atoms. The van der Waals surface area contributed by atoms with Crippen LogP contribution in [0.5, 0.6) is 0 Å². The summed E-state index contributed by atoms with van der Waals surface area (Å²) >= 11 is 0. The van der Waals surface area contributed by atoms with E-state index in [1.165, 1.54) is 22.4 Å². The predicted octanol–water partition coefficient (Wildman–Crippen LogP) is 4.11. The highest BCUT2D eigenvalue weighted by atomic mass is 14.7. The Balaban J connectivity index is 2.31. The smallest absolute Gasteiger partial charge is 0.0456 e. The first-order valence-corrected chi connectivity index (χ1v) is 5.42. The Morgan fingerprint density at radius 1 is 1.07 bits per heavy atom. The molecule has 0 atom stereocenters. The van der Waals surface area contributed by atoms with Crippen LogP contribution in [-0.2, 0) is 0 Å². The average Bonchev–Trinajstić information content (AvgIpc) is 2.65. The molecule has 0 aliphatic rings. The predicted molar refractivity (Wildman–Crippen MR) is 65.1 cm³/mol. The molecule has 78 valence electrons. The van der Waals surface area contributed by atoms with E-state index in [1.54, 1.807) is 0 Å². The molecule has 0 saturated heterocycles. The first-order chi connectivity index (χ1) is 7.16. The molecule has 15 heavy (non-hydrogen) atoms. The Labute approximate surface area is 91.2 Å². The van der Waals surface area contributed by atoms with Crippen LogP contribution in [0.2, 0.25) is 0 Å². The fourth-order valence-electron chi connectivity index (χ4n) is 1.72. The van der Waals surface area contributed by atoms with Gasteiger partial charge in [0.2, 0.25) is 0 Å². The van der Waals surface area contributed by atoms with Crippen LogP contribution in [-0.4, -0.2) is 4.98 Å². The summed E-state index contributed by atoms with van der Waals surface area (Å²) in [6.45, 7) is 6.53. The second-order valence-electron chi connectivity index (χ2n) is 4.37. The van der Waals surface area contributed by atoms with Gasteiger partial charge >= 0.3 is 0 Å². The molecular formula is C14H17N. The van der Waals surface area contributed by atoms with Crippen molar-refractivity contribution >= 4 is 0 Å². The van der Waals surface area contributed by atoms with Gasteiger partial charge in [0.25, 0.3) is 0 Å². The number of aryl methyl sites for hydroxylation is 1. The van der Waals surface area contributed by atoms with Gasteiger partial charge in [0.05, 0.1) is 0 Å². The summed E-state index contributed by atoms with van der Waals surface area (Å²) in [5.74, 6) is 0.601. The molecule has 2 rings (SSSR count). The monoisotopic (exact) mass is 199 g/mol. The van der Waals surface area contributed by atoms with E-state index in [1.807, 2.05) is 6.20 Å². The first-order valence-electron chi connectivity index (χ1n) is 5.42. The fraction of sp³-hybridized carbons (Fsp3) is 0.286. The van der Waals surface area contributed by atoms with Crippen LogP contribution in [0, 0.1) is 6.92 Å². The first kappa shape index (κ1) is 10.0. The van der Waals surface area contributed by atoms with Gasteiger partial charge in [0, 0.05) is 11.9 Å². The normalized spacial score (nSPS) is 10.9. The highest BCUT2D eigenvalue weighted by molar-refractivity contribution is 5.60. The average molecular weight is 199 g/mol. The van der Waals surface area contributed by atoms with Gasteiger partial charge in [-0.05, 0) is 35.6 Å². The van der Waals surface area contributed by atoms with E-state index in [4.69, 9.17) is 0 Å². The van der Waals surface area contributed by atoms with E-state index >= 15 is 0 Å². The van der Waals surface area contributed by atoms with Gasteiger partial charge in [0.15, 0.2) is 0 Å². The molecule has 1 aromatic heterocycles. The van der Waals surface area contributed by atoms with Crippen LogP contribution in [0.15, 0.2) is 36.5 Å². The Morgan fingerprint density at radius 3 is 2.20 bits per heavy atom. The zero-order valence-corrected chi connectivity index (χ0v) is 9.54. The molecule has 1 nitrogen and oxygen atoms in total. The third-order valence-corrected chi connectivity index (χ3v) is 2.72. The molecule has 2 aromatic rings. The second-order valence-corrected chi connectivity index (χ2v) is 4.37. The maximum atomic E-state index is 3.27. The van der Waals surface area contributed by atoms with Crippen molar-refractivity contribution in [3.63, 3.8) is 0 Å². The molecule has 0 aliphatic heterocycles. The van der Waals surface area contributed by atoms with E-state index in [2.05, 4.69) is 56.1 Å². The van der Waals surface area contributed by atoms with Crippen LogP contribution in [0.4, 0.5) is 0 Å². The van der Waals surface area contributed by atoms with Gasteiger partial charge in [-0.2, -0.15) is 0 Å². The minimum atomic E-state index is 0.601. The summed E-state index contributed by atoms with van der Waals surface area (Å²) < 4.78 is 0. The minimum Gasteiger partial charge on any atom is -0.361 e. The number of benzene rings is 1. The molecule has 1 aromatic carbocycles. The van der Waals surface area contributed by atoms with Crippen molar-refractivity contribution in [2.45, 2.75) is 26.7 Å². The lowest BCUT2D eigenvalue weighted by Crippen LogP contribution is -1.86. The number of hydrogen-bond donors (Lipinski definition) is 1. The quantitative estimate of drug-likeness (QED) is 0.749. The second kappa shape index (κ2) is 3.93. The van der Waals surface area contributed by atoms with Crippen molar-refractivity contribution < 1.29 is 0 Å². The van der Waals surface area contributed by atoms with Crippen LogP contribution in [0.3, 0.4) is 0 Å². The maximum absolute atomic E-state index is 3.27. The molecule has 0 saturated carbocycles. The van der Waals surface area contributed by atoms with E-state index in [-0.39, 0.29) is 0 Å².